The lowest BCUT2D eigenvalue weighted by Gasteiger charge is -2.21. The lowest BCUT2D eigenvalue weighted by molar-refractivity contribution is 0.0972. The number of hydrogen-bond donors (Lipinski definition) is 0. The molecule has 1 unspecified atom stereocenters. The highest BCUT2D eigenvalue weighted by Crippen LogP contribution is 2.27. The molecule has 2 heterocycles. The molecule has 2 aromatic rings. The molecule has 0 N–H and O–H groups in total. The summed E-state index contributed by atoms with van der Waals surface area (Å²) in [5.41, 5.74) is 1.93. The highest BCUT2D eigenvalue weighted by atomic mass is 32.1. The number of aromatic nitrogens is 3. The molecule has 122 valence electrons. The number of carbonyl (C=O) groups excluding carboxylic acids is 1. The third-order valence-corrected chi connectivity index (χ3v) is 4.47. The van der Waals surface area contributed by atoms with Crippen LogP contribution in [0.25, 0.3) is 0 Å². The molecular weight excluding hydrogens is 308 g/mol. The number of rotatable bonds is 4. The molecule has 1 atom stereocenters. The maximum absolute atomic E-state index is 12.7. The van der Waals surface area contributed by atoms with Gasteiger partial charge in [0.05, 0.1) is 17.3 Å². The Balaban J connectivity index is 2.36. The van der Waals surface area contributed by atoms with E-state index in [0.717, 1.165) is 11.4 Å². The van der Waals surface area contributed by atoms with Crippen molar-refractivity contribution in [3.05, 3.63) is 33.5 Å². The Morgan fingerprint density at radius 1 is 1.39 bits per heavy atom. The van der Waals surface area contributed by atoms with Crippen LogP contribution in [0, 0.1) is 18.3 Å². The smallest absolute Gasteiger partial charge is 0.207 e. The summed E-state index contributed by atoms with van der Waals surface area (Å²) in [5.74, 6) is -0.907. The van der Waals surface area contributed by atoms with E-state index in [-0.39, 0.29) is 17.2 Å². The van der Waals surface area contributed by atoms with E-state index in [2.05, 4.69) is 16.2 Å². The van der Waals surface area contributed by atoms with Crippen molar-refractivity contribution in [3.8, 4) is 6.07 Å². The first kappa shape index (κ1) is 17.4. The molecule has 0 amide bonds. The normalized spacial score (nSPS) is 13.1. The summed E-state index contributed by atoms with van der Waals surface area (Å²) in [6.45, 7) is 12.1. The van der Waals surface area contributed by atoms with Gasteiger partial charge in [-0.05, 0) is 39.7 Å². The maximum atomic E-state index is 12.7. The highest BCUT2D eigenvalue weighted by Gasteiger charge is 2.29. The van der Waals surface area contributed by atoms with E-state index in [1.807, 2.05) is 51.6 Å². The Morgan fingerprint density at radius 2 is 2.04 bits per heavy atom. The average molecular weight is 330 g/mol. The Labute approximate surface area is 141 Å². The van der Waals surface area contributed by atoms with Crippen LogP contribution in [0.3, 0.4) is 0 Å². The van der Waals surface area contributed by atoms with Gasteiger partial charge in [0.25, 0.3) is 0 Å². The van der Waals surface area contributed by atoms with E-state index in [0.29, 0.717) is 10.7 Å². The standard InChI is InChI=1S/C17H22N4OS/c1-10(2)14-9-23-16(19-14)12(8-18)15(22)13-7-11(3)21(20-13)17(4,5)6/h7,9-10,12H,1-6H3. The minimum Gasteiger partial charge on any atom is -0.290 e. The Morgan fingerprint density at radius 3 is 2.48 bits per heavy atom. The zero-order chi connectivity index (χ0) is 17.4. The van der Waals surface area contributed by atoms with Gasteiger partial charge in [-0.1, -0.05) is 13.8 Å². The van der Waals surface area contributed by atoms with Crippen molar-refractivity contribution in [1.82, 2.24) is 14.8 Å². The maximum Gasteiger partial charge on any atom is 0.207 e. The first-order valence-corrected chi connectivity index (χ1v) is 8.49. The quantitative estimate of drug-likeness (QED) is 0.794. The molecule has 0 fully saturated rings. The Kier molecular flexibility index (Phi) is 4.71. The highest BCUT2D eigenvalue weighted by molar-refractivity contribution is 7.10. The third kappa shape index (κ3) is 3.50. The van der Waals surface area contributed by atoms with Gasteiger partial charge in [-0.15, -0.1) is 11.3 Å². The van der Waals surface area contributed by atoms with Gasteiger partial charge in [-0.3, -0.25) is 9.48 Å². The molecule has 0 aliphatic rings. The molecule has 0 radical (unpaired) electrons. The van der Waals surface area contributed by atoms with Crippen molar-refractivity contribution < 1.29 is 4.79 Å². The summed E-state index contributed by atoms with van der Waals surface area (Å²) < 4.78 is 1.82. The SMILES string of the molecule is Cc1cc(C(=O)C(C#N)c2nc(C(C)C)cs2)nn1C(C)(C)C. The number of thiazole rings is 1. The summed E-state index contributed by atoms with van der Waals surface area (Å²) >= 11 is 1.36. The van der Waals surface area contributed by atoms with E-state index in [4.69, 9.17) is 0 Å². The van der Waals surface area contributed by atoms with Crippen molar-refractivity contribution in [3.63, 3.8) is 0 Å². The Bertz CT molecular complexity index is 758. The van der Waals surface area contributed by atoms with Crippen LogP contribution in [-0.2, 0) is 5.54 Å². The largest absolute Gasteiger partial charge is 0.290 e. The van der Waals surface area contributed by atoms with E-state index in [9.17, 15) is 10.1 Å². The average Bonchev–Trinajstić information content (AvgIpc) is 3.05. The first-order valence-electron chi connectivity index (χ1n) is 7.61. The summed E-state index contributed by atoms with van der Waals surface area (Å²) in [6, 6.07) is 3.83. The third-order valence-electron chi connectivity index (χ3n) is 3.54. The number of nitrogens with zero attached hydrogens (tertiary/aromatic N) is 4. The van der Waals surface area contributed by atoms with E-state index < -0.39 is 5.92 Å². The molecule has 0 spiro atoms. The molecular formula is C17H22N4OS. The van der Waals surface area contributed by atoms with Crippen LogP contribution in [0.15, 0.2) is 11.4 Å². The van der Waals surface area contributed by atoms with Crippen LogP contribution < -0.4 is 0 Å². The number of carbonyl (C=O) groups is 1. The Hall–Kier alpha value is -2.00. The predicted molar refractivity (Wildman–Crippen MR) is 90.8 cm³/mol. The van der Waals surface area contributed by atoms with Gasteiger partial charge in [-0.25, -0.2) is 4.98 Å². The van der Waals surface area contributed by atoms with Crippen molar-refractivity contribution in [2.75, 3.05) is 0 Å². The molecule has 0 aliphatic carbocycles. The lowest BCUT2D eigenvalue weighted by atomic mass is 10.0. The molecule has 0 bridgehead atoms. The van der Waals surface area contributed by atoms with E-state index >= 15 is 0 Å². The molecule has 6 heteroatoms. The van der Waals surface area contributed by atoms with Gasteiger partial charge < -0.3 is 0 Å². The lowest BCUT2D eigenvalue weighted by Crippen LogP contribution is -2.25. The number of nitriles is 1. The summed E-state index contributed by atoms with van der Waals surface area (Å²) in [5, 5.41) is 16.3. The van der Waals surface area contributed by atoms with Gasteiger partial charge >= 0.3 is 0 Å². The molecule has 5 nitrogen and oxygen atoms in total. The van der Waals surface area contributed by atoms with Gasteiger partial charge in [0, 0.05) is 11.1 Å². The second kappa shape index (κ2) is 6.25. The molecule has 23 heavy (non-hydrogen) atoms. The fraction of sp³-hybridized carbons (Fsp3) is 0.529. The van der Waals surface area contributed by atoms with Gasteiger partial charge in [0.1, 0.15) is 10.7 Å². The van der Waals surface area contributed by atoms with Crippen molar-refractivity contribution in [2.24, 2.45) is 0 Å². The second-order valence-electron chi connectivity index (χ2n) is 6.95. The molecule has 2 rings (SSSR count). The van der Waals surface area contributed by atoms with Gasteiger partial charge in [0.15, 0.2) is 5.92 Å². The number of ketones is 1. The van der Waals surface area contributed by atoms with Crippen molar-refractivity contribution in [2.45, 2.75) is 58.9 Å². The second-order valence-corrected chi connectivity index (χ2v) is 7.83. The molecule has 2 aromatic heterocycles. The number of Topliss-reactive ketones (excluding diaryl/α,β-unsaturated/α-hetero) is 1. The van der Waals surface area contributed by atoms with Crippen LogP contribution in [0.5, 0.6) is 0 Å². The van der Waals surface area contributed by atoms with Crippen LogP contribution in [-0.4, -0.2) is 20.5 Å². The van der Waals surface area contributed by atoms with Crippen LogP contribution in [0.4, 0.5) is 0 Å². The van der Waals surface area contributed by atoms with E-state index in [1.54, 1.807) is 6.07 Å². The summed E-state index contributed by atoms with van der Waals surface area (Å²) in [7, 11) is 0. The minimum absolute atomic E-state index is 0.212. The van der Waals surface area contributed by atoms with E-state index in [1.165, 1.54) is 11.3 Å². The summed E-state index contributed by atoms with van der Waals surface area (Å²) in [6.07, 6.45) is 0. The zero-order valence-corrected chi connectivity index (χ0v) is 15.2. The van der Waals surface area contributed by atoms with Crippen molar-refractivity contribution >= 4 is 17.1 Å². The molecule has 0 saturated heterocycles. The van der Waals surface area contributed by atoms with Crippen molar-refractivity contribution in [1.29, 1.82) is 5.26 Å². The van der Waals surface area contributed by atoms with Crippen LogP contribution in [0.2, 0.25) is 0 Å². The molecule has 0 aromatic carbocycles. The van der Waals surface area contributed by atoms with Gasteiger partial charge in [0.2, 0.25) is 5.78 Å². The zero-order valence-electron chi connectivity index (χ0n) is 14.4. The van der Waals surface area contributed by atoms with Gasteiger partial charge in [-0.2, -0.15) is 10.4 Å². The molecule has 0 saturated carbocycles. The topological polar surface area (TPSA) is 71.6 Å². The van der Waals surface area contributed by atoms with Crippen LogP contribution in [0.1, 0.15) is 73.3 Å². The predicted octanol–water partition coefficient (Wildman–Crippen LogP) is 4.02. The molecule has 0 aliphatic heterocycles. The number of aryl methyl sites for hydroxylation is 1. The monoisotopic (exact) mass is 330 g/mol. The summed E-state index contributed by atoms with van der Waals surface area (Å²) in [4.78, 5) is 17.2. The van der Waals surface area contributed by atoms with Crippen LogP contribution >= 0.6 is 11.3 Å². The fourth-order valence-electron chi connectivity index (χ4n) is 2.35. The minimum atomic E-state index is -0.893. The number of hydrogen-bond acceptors (Lipinski definition) is 5. The fourth-order valence-corrected chi connectivity index (χ4v) is 3.37. The first-order chi connectivity index (χ1) is 10.6.